The predicted octanol–water partition coefficient (Wildman–Crippen LogP) is 3.52. The largest absolute Gasteiger partial charge is 0.380 e. The summed E-state index contributed by atoms with van der Waals surface area (Å²) in [5.41, 5.74) is 5.75. The van der Waals surface area contributed by atoms with Crippen LogP contribution in [0.2, 0.25) is 0 Å². The lowest BCUT2D eigenvalue weighted by Gasteiger charge is -2.14. The van der Waals surface area contributed by atoms with Crippen LogP contribution >= 0.6 is 0 Å². The van der Waals surface area contributed by atoms with Crippen LogP contribution in [0.25, 0.3) is 0 Å². The van der Waals surface area contributed by atoms with Gasteiger partial charge in [0.2, 0.25) is 0 Å². The second kappa shape index (κ2) is 5.92. The first-order valence-corrected chi connectivity index (χ1v) is 5.89. The van der Waals surface area contributed by atoms with E-state index in [0.717, 1.165) is 25.9 Å². The van der Waals surface area contributed by atoms with E-state index in [4.69, 9.17) is 4.74 Å². The molecule has 0 aromatic heterocycles. The average Bonchev–Trinajstić information content (AvgIpc) is 2.29. The van der Waals surface area contributed by atoms with Gasteiger partial charge in [-0.25, -0.2) is 0 Å². The van der Waals surface area contributed by atoms with Crippen LogP contribution in [0.1, 0.15) is 43.0 Å². The maximum atomic E-state index is 5.29. The highest BCUT2D eigenvalue weighted by atomic mass is 16.5. The molecule has 0 bridgehead atoms. The third kappa shape index (κ3) is 2.82. The van der Waals surface area contributed by atoms with Gasteiger partial charge in [0.15, 0.2) is 0 Å². The van der Waals surface area contributed by atoms with Gasteiger partial charge in [0.1, 0.15) is 0 Å². The first-order valence-electron chi connectivity index (χ1n) is 5.89. The van der Waals surface area contributed by atoms with Crippen LogP contribution in [0.15, 0.2) is 12.1 Å². The van der Waals surface area contributed by atoms with Crippen LogP contribution in [0.5, 0.6) is 0 Å². The smallest absolute Gasteiger partial charge is 0.0718 e. The monoisotopic (exact) mass is 206 g/mol. The van der Waals surface area contributed by atoms with Gasteiger partial charge < -0.3 is 4.74 Å². The molecule has 0 N–H and O–H groups in total. The second-order valence-corrected chi connectivity index (χ2v) is 3.89. The van der Waals surface area contributed by atoms with Crippen molar-refractivity contribution >= 4 is 0 Å². The van der Waals surface area contributed by atoms with Crippen LogP contribution < -0.4 is 0 Å². The molecule has 84 valence electrons. The minimum Gasteiger partial charge on any atom is -0.380 e. The predicted molar refractivity (Wildman–Crippen MR) is 65.3 cm³/mol. The summed E-state index contributed by atoms with van der Waals surface area (Å²) in [6.45, 7) is 7.39. The summed E-state index contributed by atoms with van der Waals surface area (Å²) in [6, 6.07) is 4.65. The molecule has 0 spiro atoms. The summed E-state index contributed by atoms with van der Waals surface area (Å²) in [5.74, 6) is 0. The Balaban J connectivity index is 3.19. The van der Waals surface area contributed by atoms with Gasteiger partial charge >= 0.3 is 0 Å². The molecule has 0 aliphatic heterocycles. The number of benzene rings is 1. The van der Waals surface area contributed by atoms with E-state index in [2.05, 4.69) is 32.9 Å². The Hall–Kier alpha value is -0.820. The lowest BCUT2D eigenvalue weighted by molar-refractivity contribution is 0.183. The molecule has 0 saturated heterocycles. The lowest BCUT2D eigenvalue weighted by atomic mass is 9.94. The first kappa shape index (κ1) is 12.3. The van der Waals surface area contributed by atoms with E-state index in [1.165, 1.54) is 22.3 Å². The fourth-order valence-electron chi connectivity index (χ4n) is 2.03. The third-order valence-electron chi connectivity index (χ3n) is 2.95. The number of ether oxygens (including phenoxy) is 1. The van der Waals surface area contributed by atoms with Gasteiger partial charge in [-0.2, -0.15) is 0 Å². The van der Waals surface area contributed by atoms with Crippen LogP contribution in [-0.4, -0.2) is 7.11 Å². The fraction of sp³-hybridized carbons (Fsp3) is 0.571. The van der Waals surface area contributed by atoms with Crippen LogP contribution in [0.4, 0.5) is 0 Å². The van der Waals surface area contributed by atoms with E-state index >= 15 is 0 Å². The molecule has 0 amide bonds. The molecule has 1 aromatic rings. The van der Waals surface area contributed by atoms with Crippen molar-refractivity contribution in [3.63, 3.8) is 0 Å². The molecule has 1 aromatic carbocycles. The van der Waals surface area contributed by atoms with Gasteiger partial charge in [-0.3, -0.25) is 0 Å². The fourth-order valence-corrected chi connectivity index (χ4v) is 2.03. The highest BCUT2D eigenvalue weighted by Gasteiger charge is 2.07. The molecule has 15 heavy (non-hydrogen) atoms. The van der Waals surface area contributed by atoms with Crippen molar-refractivity contribution < 1.29 is 4.74 Å². The van der Waals surface area contributed by atoms with Crippen LogP contribution in [-0.2, 0) is 30.6 Å². The van der Waals surface area contributed by atoms with Gasteiger partial charge in [0.05, 0.1) is 6.61 Å². The summed E-state index contributed by atoms with van der Waals surface area (Å²) < 4.78 is 5.29. The zero-order valence-corrected chi connectivity index (χ0v) is 10.4. The standard InChI is InChI=1S/C14H22O/c1-5-11-8-12(6-2)14(10-15-4)13(7-3)9-11/h8-9H,5-7,10H2,1-4H3. The van der Waals surface area contributed by atoms with E-state index in [9.17, 15) is 0 Å². The minimum atomic E-state index is 0.746. The maximum Gasteiger partial charge on any atom is 0.0718 e. The average molecular weight is 206 g/mol. The number of hydrogen-bond acceptors (Lipinski definition) is 1. The van der Waals surface area contributed by atoms with Crippen molar-refractivity contribution in [2.24, 2.45) is 0 Å². The first-order chi connectivity index (χ1) is 7.26. The summed E-state index contributed by atoms with van der Waals surface area (Å²) in [6.07, 6.45) is 3.31. The number of methoxy groups -OCH3 is 1. The van der Waals surface area contributed by atoms with Crippen molar-refractivity contribution in [3.8, 4) is 0 Å². The van der Waals surface area contributed by atoms with Gasteiger partial charge in [-0.15, -0.1) is 0 Å². The molecule has 0 aliphatic rings. The lowest BCUT2D eigenvalue weighted by Crippen LogP contribution is -2.02. The SMILES string of the molecule is CCc1cc(CC)c(COC)c(CC)c1. The Labute approximate surface area is 93.5 Å². The van der Waals surface area contributed by atoms with E-state index in [1.54, 1.807) is 7.11 Å². The maximum absolute atomic E-state index is 5.29. The Morgan fingerprint density at radius 2 is 1.47 bits per heavy atom. The molecule has 0 aliphatic carbocycles. The Morgan fingerprint density at radius 1 is 0.933 bits per heavy atom. The molecule has 0 heterocycles. The van der Waals surface area contributed by atoms with Crippen LogP contribution in [0, 0.1) is 0 Å². The molecule has 1 rings (SSSR count). The number of hydrogen-bond donors (Lipinski definition) is 0. The Morgan fingerprint density at radius 3 is 1.80 bits per heavy atom. The van der Waals surface area contributed by atoms with E-state index in [1.807, 2.05) is 0 Å². The van der Waals surface area contributed by atoms with Gasteiger partial charge in [0, 0.05) is 7.11 Å². The summed E-state index contributed by atoms with van der Waals surface area (Å²) >= 11 is 0. The zero-order chi connectivity index (χ0) is 11.3. The highest BCUT2D eigenvalue weighted by molar-refractivity contribution is 5.39. The Kier molecular flexibility index (Phi) is 4.83. The quantitative estimate of drug-likeness (QED) is 0.716. The minimum absolute atomic E-state index is 0.746. The molecule has 1 heteroatoms. The number of rotatable bonds is 5. The normalized spacial score (nSPS) is 10.7. The topological polar surface area (TPSA) is 9.23 Å². The van der Waals surface area contributed by atoms with Crippen LogP contribution in [0.3, 0.4) is 0 Å². The summed E-state index contributed by atoms with van der Waals surface area (Å²) in [7, 11) is 1.77. The van der Waals surface area contributed by atoms with E-state index in [0.29, 0.717) is 0 Å². The van der Waals surface area contributed by atoms with Crippen molar-refractivity contribution in [3.05, 3.63) is 34.4 Å². The third-order valence-corrected chi connectivity index (χ3v) is 2.95. The zero-order valence-electron chi connectivity index (χ0n) is 10.4. The van der Waals surface area contributed by atoms with Gasteiger partial charge in [0.25, 0.3) is 0 Å². The second-order valence-electron chi connectivity index (χ2n) is 3.89. The molecule has 0 radical (unpaired) electrons. The van der Waals surface area contributed by atoms with Crippen molar-refractivity contribution in [1.29, 1.82) is 0 Å². The number of aryl methyl sites for hydroxylation is 3. The summed E-state index contributed by atoms with van der Waals surface area (Å²) in [5, 5.41) is 0. The van der Waals surface area contributed by atoms with Gasteiger partial charge in [-0.1, -0.05) is 32.9 Å². The Bertz CT molecular complexity index is 290. The van der Waals surface area contributed by atoms with Crippen molar-refractivity contribution in [2.45, 2.75) is 46.6 Å². The highest BCUT2D eigenvalue weighted by Crippen LogP contribution is 2.20. The molecule has 0 fully saturated rings. The molecule has 0 atom stereocenters. The molecular formula is C14H22O. The molecule has 0 saturated carbocycles. The molecule has 0 unspecified atom stereocenters. The molecule has 1 nitrogen and oxygen atoms in total. The van der Waals surface area contributed by atoms with Crippen molar-refractivity contribution in [2.75, 3.05) is 7.11 Å². The van der Waals surface area contributed by atoms with E-state index < -0.39 is 0 Å². The van der Waals surface area contributed by atoms with Gasteiger partial charge in [-0.05, 0) is 41.5 Å². The summed E-state index contributed by atoms with van der Waals surface area (Å²) in [4.78, 5) is 0. The van der Waals surface area contributed by atoms with Crippen molar-refractivity contribution in [1.82, 2.24) is 0 Å². The van der Waals surface area contributed by atoms with E-state index in [-0.39, 0.29) is 0 Å². The molecular weight excluding hydrogens is 184 g/mol.